The zero-order valence-corrected chi connectivity index (χ0v) is 11.0. The summed E-state index contributed by atoms with van der Waals surface area (Å²) >= 11 is 0. The van der Waals surface area contributed by atoms with E-state index in [4.69, 9.17) is 65.5 Å². The molecule has 1 N–H and O–H groups in total. The molecule has 1 rings (SSSR count). The molecule has 0 aliphatic heterocycles. The van der Waals surface area contributed by atoms with Crippen LogP contribution in [0.4, 0.5) is 54.9 Å². The Morgan fingerprint density at radius 3 is 1.38 bits per heavy atom. The first-order chi connectivity index (χ1) is 11.9. The monoisotopic (exact) mass is 391 g/mol. The first-order valence-corrected chi connectivity index (χ1v) is 4.44. The van der Waals surface area contributed by atoms with E-state index in [1.807, 2.05) is 30.3 Å². The maximum absolute atomic E-state index is 8.85. The van der Waals surface area contributed by atoms with Crippen LogP contribution < -0.4 is 0 Å². The number of hydrogen-bond donors (Lipinski definition) is 1. The van der Waals surface area contributed by atoms with Gasteiger partial charge in [-0.15, -0.1) is 0 Å². The molecule has 16 heteroatoms. The Balaban J connectivity index is -0.0000000573. The van der Waals surface area contributed by atoms with Crippen LogP contribution in [0.15, 0.2) is 35.4 Å². The van der Waals surface area contributed by atoms with Gasteiger partial charge in [0.15, 0.2) is 0 Å². The third-order valence-electron chi connectivity index (χ3n) is 1.55. The molecule has 0 aliphatic carbocycles. The van der Waals surface area contributed by atoms with Gasteiger partial charge in [0.2, 0.25) is 0 Å². The van der Waals surface area contributed by atoms with Gasteiger partial charge in [-0.25, -0.2) is 0 Å². The lowest BCUT2D eigenvalue weighted by Crippen LogP contribution is -1.98. The normalized spacial score (nSPS) is 7.38. The van der Waals surface area contributed by atoms with Gasteiger partial charge >= 0.3 is 0 Å². The predicted molar refractivity (Wildman–Crippen MR) is 58.7 cm³/mol. The zero-order chi connectivity index (χ0) is 20.8. The summed E-state index contributed by atoms with van der Waals surface area (Å²) in [4.78, 5) is 2.65. The van der Waals surface area contributed by atoms with Crippen LogP contribution in [0.5, 0.6) is 0 Å². The Labute approximate surface area is 125 Å². The highest BCUT2D eigenvalue weighted by Crippen LogP contribution is 2.15. The van der Waals surface area contributed by atoms with Gasteiger partial charge in [0.05, 0.1) is 12.6 Å². The summed E-state index contributed by atoms with van der Waals surface area (Å²) in [5.41, 5.74) is 9.01. The number of nitrogens with zero attached hydrogens (tertiary/aromatic N) is 3. The summed E-state index contributed by atoms with van der Waals surface area (Å²) in [5, 5.41) is 12.3. The average molecular weight is 391 g/mol. The molecule has 24 heavy (non-hydrogen) atoms. The fourth-order valence-corrected chi connectivity index (χ4v) is 0.946. The molecule has 0 fully saturated rings. The molecule has 1 atom stereocenters. The Hall–Kier alpha value is -2.35. The second-order valence-electron chi connectivity index (χ2n) is 2.31. The molecule has 146 valence electrons. The molecule has 1 aromatic rings. The SMILES string of the molecule is FF.FF.FF.FF.FF.FF.[N-]=[N+]=N[C@@H](CO)c1ccccc1. The molecule has 0 saturated heterocycles. The van der Waals surface area contributed by atoms with E-state index in [0.717, 1.165) is 5.56 Å². The smallest absolute Gasteiger partial charge is 0.0856 e. The first-order valence-electron chi connectivity index (χ1n) is 4.44. The van der Waals surface area contributed by atoms with Gasteiger partial charge in [-0.2, -0.15) is 0 Å². The maximum atomic E-state index is 8.85. The molecule has 0 saturated carbocycles. The van der Waals surface area contributed by atoms with Crippen molar-refractivity contribution in [3.05, 3.63) is 46.3 Å². The molecule has 0 heterocycles. The van der Waals surface area contributed by atoms with Crippen molar-refractivity contribution in [1.29, 1.82) is 0 Å². The van der Waals surface area contributed by atoms with Gasteiger partial charge in [-0.1, -0.05) is 35.4 Å². The number of azide groups is 1. The van der Waals surface area contributed by atoms with Crippen LogP contribution >= 0.6 is 0 Å². The number of halogens is 12. The van der Waals surface area contributed by atoms with Crippen LogP contribution in [0, 0.1) is 0 Å². The molecule has 0 radical (unpaired) electrons. The second kappa shape index (κ2) is 58.7. The second-order valence-corrected chi connectivity index (χ2v) is 2.31. The van der Waals surface area contributed by atoms with Crippen molar-refractivity contribution < 1.29 is 60.0 Å². The Morgan fingerprint density at radius 2 is 1.12 bits per heavy atom. The van der Waals surface area contributed by atoms with Gasteiger partial charge < -0.3 is 5.11 Å². The summed E-state index contributed by atoms with van der Waals surface area (Å²) in [5.74, 6) is 0. The number of hydrogen-bond acceptors (Lipinski definition) is 2. The molecular formula is C8H9F12N3O. The Kier molecular flexibility index (Phi) is 92.3. The minimum atomic E-state index is -0.462. The first kappa shape index (κ1) is 37.7. The van der Waals surface area contributed by atoms with Crippen LogP contribution in [0.25, 0.3) is 10.4 Å². The fourth-order valence-electron chi connectivity index (χ4n) is 0.946. The average Bonchev–Trinajstić information content (AvgIpc) is 2.75. The largest absolute Gasteiger partial charge is 0.396 e. The van der Waals surface area contributed by atoms with Crippen LogP contribution in [-0.4, -0.2) is 11.7 Å². The molecule has 0 aliphatic rings. The van der Waals surface area contributed by atoms with Crippen molar-refractivity contribution in [2.24, 2.45) is 5.11 Å². The lowest BCUT2D eigenvalue weighted by atomic mass is 10.1. The Morgan fingerprint density at radius 1 is 0.792 bits per heavy atom. The molecule has 1 aromatic carbocycles. The van der Waals surface area contributed by atoms with Crippen molar-refractivity contribution >= 4 is 0 Å². The summed E-state index contributed by atoms with van der Waals surface area (Å²) in [6.45, 7) is -0.159. The van der Waals surface area contributed by atoms with E-state index < -0.39 is 6.04 Å². The minimum Gasteiger partial charge on any atom is -0.396 e. The third kappa shape index (κ3) is 31.8. The number of aliphatic hydroxyl groups excluding tert-OH is 1. The molecule has 0 amide bonds. The van der Waals surface area contributed by atoms with Gasteiger partial charge in [0.25, 0.3) is 0 Å². The van der Waals surface area contributed by atoms with Gasteiger partial charge in [0.1, 0.15) is 0 Å². The molecule has 0 spiro atoms. The summed E-state index contributed by atoms with van der Waals surface area (Å²) in [6.07, 6.45) is 0. The van der Waals surface area contributed by atoms with Crippen molar-refractivity contribution in [2.75, 3.05) is 6.61 Å². The number of aliphatic hydroxyl groups is 1. The van der Waals surface area contributed by atoms with Gasteiger partial charge in [-0.3, -0.25) is 0 Å². The van der Waals surface area contributed by atoms with Gasteiger partial charge in [-0.05, 0) is 11.1 Å². The van der Waals surface area contributed by atoms with E-state index in [0.29, 0.717) is 0 Å². The summed E-state index contributed by atoms with van der Waals surface area (Å²) in [6, 6.07) is 8.71. The number of rotatable bonds is 3. The highest BCUT2D eigenvalue weighted by atomic mass is 20.0. The van der Waals surface area contributed by atoms with Gasteiger partial charge in [0, 0.05) is 59.8 Å². The lowest BCUT2D eigenvalue weighted by Gasteiger charge is -2.05. The molecule has 0 aromatic heterocycles. The molecule has 4 nitrogen and oxygen atoms in total. The van der Waals surface area contributed by atoms with Crippen molar-refractivity contribution in [1.82, 2.24) is 0 Å². The summed E-state index contributed by atoms with van der Waals surface area (Å²) < 4.78 is 96.0. The van der Waals surface area contributed by atoms with Crippen molar-refractivity contribution in [2.45, 2.75) is 6.04 Å². The van der Waals surface area contributed by atoms with Crippen molar-refractivity contribution in [3.8, 4) is 0 Å². The number of benzene rings is 1. The summed E-state index contributed by atoms with van der Waals surface area (Å²) in [7, 11) is 0. The van der Waals surface area contributed by atoms with E-state index in [-0.39, 0.29) is 6.61 Å². The minimum absolute atomic E-state index is 0.159. The quantitative estimate of drug-likeness (QED) is 0.255. The fraction of sp³-hybridized carbons (Fsp3) is 0.250. The van der Waals surface area contributed by atoms with Crippen LogP contribution in [0.3, 0.4) is 0 Å². The molecular weight excluding hydrogens is 382 g/mol. The van der Waals surface area contributed by atoms with Crippen LogP contribution in [-0.2, 0) is 0 Å². The predicted octanol–water partition coefficient (Wildman–Crippen LogP) is 7.07. The molecule has 0 unspecified atom stereocenters. The van der Waals surface area contributed by atoms with E-state index in [2.05, 4.69) is 10.0 Å². The van der Waals surface area contributed by atoms with Crippen LogP contribution in [0.1, 0.15) is 11.6 Å². The highest BCUT2D eigenvalue weighted by molar-refractivity contribution is 5.18. The van der Waals surface area contributed by atoms with E-state index in [1.165, 1.54) is 0 Å². The third-order valence-corrected chi connectivity index (χ3v) is 1.55. The van der Waals surface area contributed by atoms with E-state index in [1.54, 1.807) is 0 Å². The van der Waals surface area contributed by atoms with E-state index >= 15 is 0 Å². The lowest BCUT2D eigenvalue weighted by molar-refractivity contribution is 0.108. The van der Waals surface area contributed by atoms with Crippen molar-refractivity contribution in [3.63, 3.8) is 0 Å². The topological polar surface area (TPSA) is 69.0 Å². The highest BCUT2D eigenvalue weighted by Gasteiger charge is 2.05. The standard InChI is InChI=1S/C8H9N3O.6F2/c9-11-10-8(6-12)7-4-2-1-3-5-7;6*1-2/h1-5,8,12H,6H2;;;;;;/t8-;;;;;;/m0....../s1. The van der Waals surface area contributed by atoms with Crippen LogP contribution in [0.2, 0.25) is 0 Å². The van der Waals surface area contributed by atoms with E-state index in [9.17, 15) is 0 Å². The molecule has 0 bridgehead atoms. The Bertz CT molecular complexity index is 304. The zero-order valence-electron chi connectivity index (χ0n) is 11.0. The maximum Gasteiger partial charge on any atom is 0.0856 e.